The Morgan fingerprint density at radius 2 is 2.00 bits per heavy atom. The third-order valence-corrected chi connectivity index (χ3v) is 6.11. The molecule has 26 heavy (non-hydrogen) atoms. The van der Waals surface area contributed by atoms with Crippen LogP contribution in [0.2, 0.25) is 11.8 Å². The van der Waals surface area contributed by atoms with E-state index in [1.807, 2.05) is 31.2 Å². The highest BCUT2D eigenvalue weighted by Gasteiger charge is 2.33. The van der Waals surface area contributed by atoms with Crippen LogP contribution in [-0.4, -0.2) is 52.9 Å². The summed E-state index contributed by atoms with van der Waals surface area (Å²) in [6.07, 6.45) is 3.99. The molecule has 0 saturated carbocycles. The van der Waals surface area contributed by atoms with Gasteiger partial charge in [-0.2, -0.15) is 0 Å². The summed E-state index contributed by atoms with van der Waals surface area (Å²) in [5.41, 5.74) is 4.50. The predicted molar refractivity (Wildman–Crippen MR) is 111 cm³/mol. The van der Waals surface area contributed by atoms with Crippen molar-refractivity contribution in [2.45, 2.75) is 12.9 Å². The number of piperazine rings is 1. The first-order valence-corrected chi connectivity index (χ1v) is 10.00. The van der Waals surface area contributed by atoms with Crippen LogP contribution in [0.15, 0.2) is 36.5 Å². The highest BCUT2D eigenvalue weighted by Crippen LogP contribution is 2.42. The van der Waals surface area contributed by atoms with Gasteiger partial charge in [-0.1, -0.05) is 39.7 Å². The number of pyridine rings is 1. The fraction of sp³-hybridized carbons (Fsp3) is 0.316. The Hall–Kier alpha value is -1.18. The lowest BCUT2D eigenvalue weighted by atomic mass is 9.84. The van der Waals surface area contributed by atoms with Gasteiger partial charge in [0.05, 0.1) is 11.7 Å². The van der Waals surface area contributed by atoms with Gasteiger partial charge in [-0.15, -0.1) is 0 Å². The maximum Gasteiger partial charge on any atom is 0.376 e. The molecule has 1 aromatic carbocycles. The predicted octanol–water partition coefficient (Wildman–Crippen LogP) is 3.76. The van der Waals surface area contributed by atoms with E-state index < -0.39 is 7.05 Å². The molecule has 1 aromatic heterocycles. The Kier molecular flexibility index (Phi) is 5.21. The van der Waals surface area contributed by atoms with Crippen molar-refractivity contribution < 1.29 is 5.02 Å². The van der Waals surface area contributed by atoms with Gasteiger partial charge in [-0.25, -0.2) is 0 Å². The lowest BCUT2D eigenvalue weighted by Crippen LogP contribution is -2.52. The Morgan fingerprint density at radius 3 is 2.73 bits per heavy atom. The highest BCUT2D eigenvalue weighted by atomic mass is 79.9. The second kappa shape index (κ2) is 7.45. The molecule has 1 fully saturated rings. The zero-order valence-corrected chi connectivity index (χ0v) is 16.9. The molecule has 2 aromatic rings. The van der Waals surface area contributed by atoms with Gasteiger partial charge in [0.2, 0.25) is 0 Å². The second-order valence-corrected chi connectivity index (χ2v) is 8.10. The average Bonchev–Trinajstić information content (AvgIpc) is 2.76. The monoisotopic (exact) mass is 431 g/mol. The number of hydrogen-bond acceptors (Lipinski definition) is 4. The molecule has 0 bridgehead atoms. The summed E-state index contributed by atoms with van der Waals surface area (Å²) in [4.78, 5) is 9.30. The van der Waals surface area contributed by atoms with Gasteiger partial charge in [0, 0.05) is 41.9 Å². The second-order valence-electron chi connectivity index (χ2n) is 6.81. The molecular formula is C19H20BBrClN3O. The summed E-state index contributed by atoms with van der Waals surface area (Å²) in [6, 6.07) is 10.2. The van der Waals surface area contributed by atoms with E-state index in [4.69, 9.17) is 16.6 Å². The first kappa shape index (κ1) is 18.2. The van der Waals surface area contributed by atoms with Gasteiger partial charge in [-0.3, -0.25) is 9.88 Å². The van der Waals surface area contributed by atoms with Crippen LogP contribution in [0.3, 0.4) is 0 Å². The summed E-state index contributed by atoms with van der Waals surface area (Å²) < 4.78 is 1.02. The lowest BCUT2D eigenvalue weighted by molar-refractivity contribution is 0.144. The first-order valence-electron chi connectivity index (χ1n) is 8.82. The number of halogens is 2. The van der Waals surface area contributed by atoms with Crippen LogP contribution in [-0.2, 0) is 0 Å². The van der Waals surface area contributed by atoms with Crippen molar-refractivity contribution in [1.29, 1.82) is 0 Å². The summed E-state index contributed by atoms with van der Waals surface area (Å²) in [6.45, 7) is 5.27. The fourth-order valence-electron chi connectivity index (χ4n) is 3.85. The van der Waals surface area contributed by atoms with Gasteiger partial charge >= 0.3 is 7.05 Å². The first-order chi connectivity index (χ1) is 12.5. The average molecular weight is 433 g/mol. The van der Waals surface area contributed by atoms with Crippen LogP contribution in [0.1, 0.15) is 28.4 Å². The highest BCUT2D eigenvalue weighted by molar-refractivity contribution is 9.15. The molecule has 1 N–H and O–H groups in total. The van der Waals surface area contributed by atoms with Crippen LogP contribution in [0.4, 0.5) is 0 Å². The number of benzene rings is 1. The molecular weight excluding hydrogens is 412 g/mol. The molecule has 4 nitrogen and oxygen atoms in total. The van der Waals surface area contributed by atoms with Gasteiger partial charge in [0.1, 0.15) is 0 Å². The molecule has 0 amide bonds. The molecule has 1 aliphatic carbocycles. The SMILES string of the molecule is CB(O)N1CCN(C2c3ccc(Cl)cc3C(Br)=Cc3cccnc32)CC1. The minimum absolute atomic E-state index is 0.0703. The minimum Gasteiger partial charge on any atom is -0.437 e. The summed E-state index contributed by atoms with van der Waals surface area (Å²) in [5.74, 6) is 0. The Bertz CT molecular complexity index is 852. The van der Waals surface area contributed by atoms with Crippen molar-refractivity contribution in [3.63, 3.8) is 0 Å². The van der Waals surface area contributed by atoms with E-state index in [0.717, 1.165) is 52.5 Å². The molecule has 1 unspecified atom stereocenters. The molecule has 0 radical (unpaired) electrons. The number of hydrogen-bond donors (Lipinski definition) is 1. The quantitative estimate of drug-likeness (QED) is 0.734. The molecule has 1 atom stereocenters. The standard InChI is InChI=1S/C19H20BBrClN3O/c1-20(26)25-9-7-24(8-10-25)19-15-5-4-14(22)12-16(15)17(21)11-13-3-2-6-23-18(13)19/h2-6,11-12,19,26H,7-10H2,1H3. The van der Waals surface area contributed by atoms with Crippen LogP contribution >= 0.6 is 27.5 Å². The molecule has 1 saturated heterocycles. The number of nitrogens with zero attached hydrogens (tertiary/aromatic N) is 3. The maximum absolute atomic E-state index is 9.87. The van der Waals surface area contributed by atoms with E-state index in [-0.39, 0.29) is 6.04 Å². The van der Waals surface area contributed by atoms with E-state index in [1.54, 1.807) is 0 Å². The van der Waals surface area contributed by atoms with E-state index >= 15 is 0 Å². The maximum atomic E-state index is 9.87. The van der Waals surface area contributed by atoms with Crippen LogP contribution < -0.4 is 0 Å². The largest absolute Gasteiger partial charge is 0.437 e. The van der Waals surface area contributed by atoms with Crippen molar-refractivity contribution in [3.8, 4) is 0 Å². The van der Waals surface area contributed by atoms with Crippen molar-refractivity contribution >= 4 is 45.1 Å². The van der Waals surface area contributed by atoms with E-state index in [0.29, 0.717) is 0 Å². The molecule has 7 heteroatoms. The van der Waals surface area contributed by atoms with Crippen molar-refractivity contribution in [1.82, 2.24) is 14.7 Å². The van der Waals surface area contributed by atoms with Gasteiger partial charge in [0.25, 0.3) is 0 Å². The Morgan fingerprint density at radius 1 is 1.23 bits per heavy atom. The van der Waals surface area contributed by atoms with Crippen LogP contribution in [0.5, 0.6) is 0 Å². The molecule has 1 aliphatic heterocycles. The summed E-state index contributed by atoms with van der Waals surface area (Å²) in [7, 11) is -0.404. The summed E-state index contributed by atoms with van der Waals surface area (Å²) >= 11 is 10.0. The fourth-order valence-corrected chi connectivity index (χ4v) is 4.62. The zero-order chi connectivity index (χ0) is 18.3. The van der Waals surface area contributed by atoms with Crippen molar-refractivity contribution in [2.75, 3.05) is 26.2 Å². The molecule has 4 rings (SSSR count). The lowest BCUT2D eigenvalue weighted by Gasteiger charge is -2.40. The molecule has 134 valence electrons. The van der Waals surface area contributed by atoms with E-state index in [2.05, 4.69) is 43.8 Å². The number of fused-ring (bicyclic) bond motifs is 2. The number of aromatic nitrogens is 1. The number of rotatable bonds is 2. The smallest absolute Gasteiger partial charge is 0.376 e. The van der Waals surface area contributed by atoms with Crippen LogP contribution in [0, 0.1) is 0 Å². The molecule has 0 spiro atoms. The van der Waals surface area contributed by atoms with E-state index in [9.17, 15) is 5.02 Å². The van der Waals surface area contributed by atoms with E-state index in [1.165, 1.54) is 5.56 Å². The van der Waals surface area contributed by atoms with Crippen LogP contribution in [0.25, 0.3) is 10.6 Å². The van der Waals surface area contributed by atoms with Gasteiger partial charge in [0.15, 0.2) is 0 Å². The molecule has 2 heterocycles. The third kappa shape index (κ3) is 3.37. The third-order valence-electron chi connectivity index (χ3n) is 5.22. The summed E-state index contributed by atoms with van der Waals surface area (Å²) in [5, 5.41) is 10.6. The van der Waals surface area contributed by atoms with Crippen molar-refractivity contribution in [2.24, 2.45) is 0 Å². The van der Waals surface area contributed by atoms with Crippen molar-refractivity contribution in [3.05, 3.63) is 63.9 Å². The normalized spacial score (nSPS) is 20.8. The Balaban J connectivity index is 1.79. The van der Waals surface area contributed by atoms with Gasteiger partial charge < -0.3 is 9.83 Å². The molecule has 2 aliphatic rings. The Labute approximate surface area is 167 Å². The minimum atomic E-state index is -0.404. The van der Waals surface area contributed by atoms with Gasteiger partial charge in [-0.05, 0) is 47.8 Å². The zero-order valence-electron chi connectivity index (χ0n) is 14.6. The topological polar surface area (TPSA) is 39.6 Å².